The summed E-state index contributed by atoms with van der Waals surface area (Å²) in [5.41, 5.74) is 2.02. The number of amides is 1. The van der Waals surface area contributed by atoms with Crippen LogP contribution in [0.1, 0.15) is 29.9 Å². The summed E-state index contributed by atoms with van der Waals surface area (Å²) in [6.07, 6.45) is 1.84. The van der Waals surface area contributed by atoms with Crippen LogP contribution in [0, 0.1) is 6.92 Å². The number of hydrogen-bond donors (Lipinski definition) is 1. The Bertz CT molecular complexity index is 600. The highest BCUT2D eigenvalue weighted by molar-refractivity contribution is 6.04. The summed E-state index contributed by atoms with van der Waals surface area (Å²) in [6.45, 7) is 5.76. The van der Waals surface area contributed by atoms with Gasteiger partial charge in [-0.25, -0.2) is 0 Å². The normalized spacial score (nSPS) is 10.7. The lowest BCUT2D eigenvalue weighted by molar-refractivity contribution is 0.102. The zero-order chi connectivity index (χ0) is 14.7. The zero-order valence-electron chi connectivity index (χ0n) is 12.2. The second-order valence-corrected chi connectivity index (χ2v) is 4.95. The van der Waals surface area contributed by atoms with Crippen LogP contribution >= 0.6 is 0 Å². The van der Waals surface area contributed by atoms with Crippen LogP contribution in [-0.4, -0.2) is 21.8 Å². The minimum absolute atomic E-state index is 0.133. The lowest BCUT2D eigenvalue weighted by Crippen LogP contribution is -2.12. The van der Waals surface area contributed by atoms with E-state index >= 15 is 0 Å². The van der Waals surface area contributed by atoms with Crippen LogP contribution < -0.4 is 10.1 Å². The molecule has 20 heavy (non-hydrogen) atoms. The number of rotatable bonds is 4. The number of carbonyl (C=O) groups excluding carboxylic acids is 1. The molecule has 1 heterocycles. The lowest BCUT2D eigenvalue weighted by atomic mass is 10.2. The first kappa shape index (κ1) is 14.1. The van der Waals surface area contributed by atoms with Gasteiger partial charge in [0.05, 0.1) is 17.4 Å². The molecule has 1 N–H and O–H groups in total. The van der Waals surface area contributed by atoms with Crippen LogP contribution in [0.4, 0.5) is 5.69 Å². The van der Waals surface area contributed by atoms with E-state index < -0.39 is 0 Å². The molecular weight excluding hydrogens is 254 g/mol. The SMILES string of the molecule is Cc1nn(C)cc1C(=O)Nc1ccc(OC(C)C)cc1. The molecule has 0 aliphatic rings. The van der Waals surface area contributed by atoms with E-state index in [-0.39, 0.29) is 12.0 Å². The van der Waals surface area contributed by atoms with Crippen molar-refractivity contribution in [3.63, 3.8) is 0 Å². The third-order valence-electron chi connectivity index (χ3n) is 2.74. The molecule has 5 heteroatoms. The van der Waals surface area contributed by atoms with Crippen molar-refractivity contribution in [2.45, 2.75) is 26.9 Å². The molecule has 2 aromatic rings. The Labute approximate surface area is 118 Å². The van der Waals surface area contributed by atoms with Crippen molar-refractivity contribution in [3.8, 4) is 5.75 Å². The largest absolute Gasteiger partial charge is 0.491 e. The summed E-state index contributed by atoms with van der Waals surface area (Å²) in [5.74, 6) is 0.628. The van der Waals surface area contributed by atoms with E-state index in [9.17, 15) is 4.79 Å². The standard InChI is InChI=1S/C15H19N3O2/c1-10(2)20-13-7-5-12(6-8-13)16-15(19)14-9-18(4)17-11(14)3/h5-10H,1-4H3,(H,16,19). The van der Waals surface area contributed by atoms with Crippen LogP contribution in [0.5, 0.6) is 5.75 Å². The Hall–Kier alpha value is -2.30. The zero-order valence-corrected chi connectivity index (χ0v) is 12.2. The molecule has 1 aromatic heterocycles. The number of nitrogens with one attached hydrogen (secondary N) is 1. The molecule has 5 nitrogen and oxygen atoms in total. The maximum atomic E-state index is 12.1. The van der Waals surface area contributed by atoms with E-state index in [1.54, 1.807) is 17.9 Å². The highest BCUT2D eigenvalue weighted by atomic mass is 16.5. The van der Waals surface area contributed by atoms with Gasteiger partial charge in [0.1, 0.15) is 5.75 Å². The summed E-state index contributed by atoms with van der Waals surface area (Å²) >= 11 is 0. The minimum Gasteiger partial charge on any atom is -0.491 e. The number of hydrogen-bond acceptors (Lipinski definition) is 3. The van der Waals surface area contributed by atoms with Gasteiger partial charge in [-0.1, -0.05) is 0 Å². The van der Waals surface area contributed by atoms with Crippen molar-refractivity contribution in [1.82, 2.24) is 9.78 Å². The van der Waals surface area contributed by atoms with Gasteiger partial charge in [0.2, 0.25) is 0 Å². The summed E-state index contributed by atoms with van der Waals surface area (Å²) in [7, 11) is 1.79. The number of nitrogens with zero attached hydrogens (tertiary/aromatic N) is 2. The fraction of sp³-hybridized carbons (Fsp3) is 0.333. The molecule has 0 saturated carbocycles. The molecule has 0 aliphatic heterocycles. The number of ether oxygens (including phenoxy) is 1. The van der Waals surface area contributed by atoms with Gasteiger partial charge in [0, 0.05) is 18.9 Å². The van der Waals surface area contributed by atoms with E-state index in [1.807, 2.05) is 45.0 Å². The molecule has 0 unspecified atom stereocenters. The number of aromatic nitrogens is 2. The van der Waals surface area contributed by atoms with E-state index in [2.05, 4.69) is 10.4 Å². The van der Waals surface area contributed by atoms with Crippen molar-refractivity contribution in [2.24, 2.45) is 7.05 Å². The molecule has 0 radical (unpaired) electrons. The minimum atomic E-state index is -0.159. The smallest absolute Gasteiger partial charge is 0.259 e. The first-order valence-electron chi connectivity index (χ1n) is 6.54. The van der Waals surface area contributed by atoms with E-state index in [1.165, 1.54) is 0 Å². The van der Waals surface area contributed by atoms with Gasteiger partial charge in [-0.15, -0.1) is 0 Å². The average Bonchev–Trinajstić information content (AvgIpc) is 2.70. The Morgan fingerprint density at radius 3 is 2.45 bits per heavy atom. The summed E-state index contributed by atoms with van der Waals surface area (Å²) in [6, 6.07) is 7.32. The highest BCUT2D eigenvalue weighted by Gasteiger charge is 2.12. The monoisotopic (exact) mass is 273 g/mol. The molecular formula is C15H19N3O2. The Kier molecular flexibility index (Phi) is 4.08. The Morgan fingerprint density at radius 1 is 1.30 bits per heavy atom. The number of aryl methyl sites for hydroxylation is 2. The fourth-order valence-electron chi connectivity index (χ4n) is 1.91. The number of carbonyl (C=O) groups is 1. The average molecular weight is 273 g/mol. The quantitative estimate of drug-likeness (QED) is 0.932. The first-order chi connectivity index (χ1) is 9.45. The van der Waals surface area contributed by atoms with Crippen molar-refractivity contribution < 1.29 is 9.53 Å². The topological polar surface area (TPSA) is 56.2 Å². The fourth-order valence-corrected chi connectivity index (χ4v) is 1.91. The Balaban J connectivity index is 2.06. The molecule has 0 aliphatic carbocycles. The van der Waals surface area contributed by atoms with E-state index in [0.29, 0.717) is 11.3 Å². The summed E-state index contributed by atoms with van der Waals surface area (Å²) < 4.78 is 7.18. The third kappa shape index (κ3) is 3.38. The molecule has 2 rings (SSSR count). The maximum Gasteiger partial charge on any atom is 0.259 e. The van der Waals surface area contributed by atoms with Gasteiger partial charge in [-0.2, -0.15) is 5.10 Å². The van der Waals surface area contributed by atoms with Crippen molar-refractivity contribution in [3.05, 3.63) is 41.7 Å². The van der Waals surface area contributed by atoms with Crippen molar-refractivity contribution in [1.29, 1.82) is 0 Å². The second kappa shape index (κ2) is 5.77. The molecule has 1 aromatic carbocycles. The van der Waals surface area contributed by atoms with Gasteiger partial charge in [-0.05, 0) is 45.0 Å². The molecule has 0 bridgehead atoms. The predicted molar refractivity (Wildman–Crippen MR) is 78.1 cm³/mol. The van der Waals surface area contributed by atoms with Gasteiger partial charge in [0.15, 0.2) is 0 Å². The molecule has 1 amide bonds. The van der Waals surface area contributed by atoms with Crippen molar-refractivity contribution in [2.75, 3.05) is 5.32 Å². The lowest BCUT2D eigenvalue weighted by Gasteiger charge is -2.10. The number of benzene rings is 1. The molecule has 0 atom stereocenters. The van der Waals surface area contributed by atoms with Crippen LogP contribution in [0.15, 0.2) is 30.5 Å². The van der Waals surface area contributed by atoms with Gasteiger partial charge in [-0.3, -0.25) is 9.48 Å². The van der Waals surface area contributed by atoms with Crippen molar-refractivity contribution >= 4 is 11.6 Å². The van der Waals surface area contributed by atoms with Crippen LogP contribution in [0.25, 0.3) is 0 Å². The summed E-state index contributed by atoms with van der Waals surface area (Å²) in [5, 5.41) is 7.00. The van der Waals surface area contributed by atoms with E-state index in [0.717, 1.165) is 11.4 Å². The maximum absolute atomic E-state index is 12.1. The Morgan fingerprint density at radius 2 is 1.95 bits per heavy atom. The predicted octanol–water partition coefficient (Wildman–Crippen LogP) is 2.77. The first-order valence-corrected chi connectivity index (χ1v) is 6.54. The third-order valence-corrected chi connectivity index (χ3v) is 2.74. The van der Waals surface area contributed by atoms with Crippen LogP contribution in [-0.2, 0) is 7.05 Å². The summed E-state index contributed by atoms with van der Waals surface area (Å²) in [4.78, 5) is 12.1. The molecule has 0 spiro atoms. The number of anilines is 1. The molecule has 0 fully saturated rings. The van der Waals surface area contributed by atoms with Crippen LogP contribution in [0.2, 0.25) is 0 Å². The highest BCUT2D eigenvalue weighted by Crippen LogP contribution is 2.18. The van der Waals surface area contributed by atoms with Gasteiger partial charge >= 0.3 is 0 Å². The molecule has 106 valence electrons. The second-order valence-electron chi connectivity index (χ2n) is 4.95. The van der Waals surface area contributed by atoms with Gasteiger partial charge < -0.3 is 10.1 Å². The van der Waals surface area contributed by atoms with Crippen LogP contribution in [0.3, 0.4) is 0 Å². The van der Waals surface area contributed by atoms with E-state index in [4.69, 9.17) is 4.74 Å². The molecule has 0 saturated heterocycles. The van der Waals surface area contributed by atoms with Gasteiger partial charge in [0.25, 0.3) is 5.91 Å².